The Hall–Kier alpha value is -0.730. The SMILES string of the molecule is CCCCN(C(=O)c1cc(Cl)cc(Cl)c1)C(C)CC. The lowest BCUT2D eigenvalue weighted by Crippen LogP contribution is -2.39. The molecule has 0 radical (unpaired) electrons. The standard InChI is InChI=1S/C15H21Cl2NO/c1-4-6-7-18(11(3)5-2)15(19)12-8-13(16)10-14(17)9-12/h8-11H,4-7H2,1-3H3. The number of unbranched alkanes of at least 4 members (excludes halogenated alkanes) is 1. The third-order valence-corrected chi connectivity index (χ3v) is 3.68. The van der Waals surface area contributed by atoms with Gasteiger partial charge in [0.25, 0.3) is 5.91 Å². The molecule has 0 N–H and O–H groups in total. The van der Waals surface area contributed by atoms with Crippen LogP contribution in [0.1, 0.15) is 50.4 Å². The van der Waals surface area contributed by atoms with Crippen LogP contribution in [0.15, 0.2) is 18.2 Å². The zero-order valence-corrected chi connectivity index (χ0v) is 13.3. The summed E-state index contributed by atoms with van der Waals surface area (Å²) in [6.45, 7) is 7.05. The smallest absolute Gasteiger partial charge is 0.254 e. The van der Waals surface area contributed by atoms with Gasteiger partial charge >= 0.3 is 0 Å². The molecule has 106 valence electrons. The number of rotatable bonds is 6. The third kappa shape index (κ3) is 4.70. The third-order valence-electron chi connectivity index (χ3n) is 3.25. The first-order valence-corrected chi connectivity index (χ1v) is 7.52. The van der Waals surface area contributed by atoms with E-state index < -0.39 is 0 Å². The van der Waals surface area contributed by atoms with E-state index in [1.54, 1.807) is 18.2 Å². The van der Waals surface area contributed by atoms with Crippen molar-refractivity contribution < 1.29 is 4.79 Å². The zero-order chi connectivity index (χ0) is 14.4. The molecule has 0 aliphatic rings. The van der Waals surface area contributed by atoms with E-state index in [-0.39, 0.29) is 11.9 Å². The van der Waals surface area contributed by atoms with E-state index in [1.165, 1.54) is 0 Å². The predicted molar refractivity (Wildman–Crippen MR) is 82.2 cm³/mol. The lowest BCUT2D eigenvalue weighted by Gasteiger charge is -2.28. The topological polar surface area (TPSA) is 20.3 Å². The van der Waals surface area contributed by atoms with Gasteiger partial charge in [0.05, 0.1) is 0 Å². The van der Waals surface area contributed by atoms with E-state index in [0.717, 1.165) is 25.8 Å². The average molecular weight is 302 g/mol. The fourth-order valence-electron chi connectivity index (χ4n) is 1.91. The van der Waals surface area contributed by atoms with Crippen LogP contribution in [0.3, 0.4) is 0 Å². The summed E-state index contributed by atoms with van der Waals surface area (Å²) in [6.07, 6.45) is 3.00. The number of nitrogens with zero attached hydrogens (tertiary/aromatic N) is 1. The van der Waals surface area contributed by atoms with E-state index in [1.807, 2.05) is 4.90 Å². The molecular weight excluding hydrogens is 281 g/mol. The van der Waals surface area contributed by atoms with Gasteiger partial charge in [0.1, 0.15) is 0 Å². The molecule has 0 aromatic heterocycles. The van der Waals surface area contributed by atoms with Crippen LogP contribution in [-0.4, -0.2) is 23.4 Å². The van der Waals surface area contributed by atoms with E-state index >= 15 is 0 Å². The highest BCUT2D eigenvalue weighted by Gasteiger charge is 2.20. The minimum atomic E-state index is 0.00667. The van der Waals surface area contributed by atoms with E-state index in [4.69, 9.17) is 23.2 Å². The molecule has 0 heterocycles. The number of amides is 1. The number of halogens is 2. The van der Waals surface area contributed by atoms with Crippen LogP contribution in [0.2, 0.25) is 10.0 Å². The highest BCUT2D eigenvalue weighted by molar-refractivity contribution is 6.35. The molecule has 1 rings (SSSR count). The van der Waals surface area contributed by atoms with Crippen molar-refractivity contribution in [3.8, 4) is 0 Å². The maximum atomic E-state index is 12.6. The van der Waals surface area contributed by atoms with Gasteiger partial charge in [-0.05, 0) is 38.0 Å². The Morgan fingerprint density at radius 3 is 2.26 bits per heavy atom. The monoisotopic (exact) mass is 301 g/mol. The first-order chi connectivity index (χ1) is 8.99. The second kappa shape index (κ2) is 7.76. The van der Waals surface area contributed by atoms with Gasteiger partial charge in [-0.25, -0.2) is 0 Å². The molecule has 0 bridgehead atoms. The molecule has 1 aromatic carbocycles. The molecular formula is C15H21Cl2NO. The molecule has 1 unspecified atom stereocenters. The van der Waals surface area contributed by atoms with Crippen molar-refractivity contribution in [3.05, 3.63) is 33.8 Å². The molecule has 0 aliphatic heterocycles. The number of hydrogen-bond acceptors (Lipinski definition) is 1. The minimum absolute atomic E-state index is 0.00667. The normalized spacial score (nSPS) is 12.3. The molecule has 19 heavy (non-hydrogen) atoms. The summed E-state index contributed by atoms with van der Waals surface area (Å²) in [5, 5.41) is 0.992. The van der Waals surface area contributed by atoms with E-state index in [9.17, 15) is 4.79 Å². The first kappa shape index (κ1) is 16.3. The van der Waals surface area contributed by atoms with Crippen LogP contribution in [0, 0.1) is 0 Å². The van der Waals surface area contributed by atoms with Gasteiger partial charge in [-0.2, -0.15) is 0 Å². The van der Waals surface area contributed by atoms with Crippen molar-refractivity contribution in [1.82, 2.24) is 4.90 Å². The molecule has 0 fully saturated rings. The molecule has 2 nitrogen and oxygen atoms in total. The number of hydrogen-bond donors (Lipinski definition) is 0. The van der Waals surface area contributed by atoms with Gasteiger partial charge in [-0.3, -0.25) is 4.79 Å². The summed E-state index contributed by atoms with van der Waals surface area (Å²) < 4.78 is 0. The maximum absolute atomic E-state index is 12.6. The molecule has 4 heteroatoms. The molecule has 1 amide bonds. The van der Waals surface area contributed by atoms with Crippen LogP contribution >= 0.6 is 23.2 Å². The van der Waals surface area contributed by atoms with Gasteiger partial charge in [0.15, 0.2) is 0 Å². The Bertz CT molecular complexity index is 414. The van der Waals surface area contributed by atoms with Crippen molar-refractivity contribution in [3.63, 3.8) is 0 Å². The quantitative estimate of drug-likeness (QED) is 0.721. The molecule has 0 aliphatic carbocycles. The fraction of sp³-hybridized carbons (Fsp3) is 0.533. The van der Waals surface area contributed by atoms with Gasteiger partial charge in [-0.1, -0.05) is 43.5 Å². The summed E-state index contributed by atoms with van der Waals surface area (Å²) in [7, 11) is 0. The molecule has 1 aromatic rings. The lowest BCUT2D eigenvalue weighted by molar-refractivity contribution is 0.0685. The van der Waals surface area contributed by atoms with Gasteiger partial charge < -0.3 is 4.90 Å². The highest BCUT2D eigenvalue weighted by Crippen LogP contribution is 2.21. The average Bonchev–Trinajstić information content (AvgIpc) is 2.37. The van der Waals surface area contributed by atoms with Gasteiger partial charge in [-0.15, -0.1) is 0 Å². The maximum Gasteiger partial charge on any atom is 0.254 e. The Balaban J connectivity index is 2.97. The first-order valence-electron chi connectivity index (χ1n) is 6.76. The van der Waals surface area contributed by atoms with Crippen LogP contribution in [0.5, 0.6) is 0 Å². The predicted octanol–water partition coefficient (Wildman–Crippen LogP) is 5.03. The summed E-state index contributed by atoms with van der Waals surface area (Å²) in [6, 6.07) is 5.21. The second-order valence-corrected chi connectivity index (χ2v) is 5.64. The van der Waals surface area contributed by atoms with Crippen LogP contribution in [0.25, 0.3) is 0 Å². The number of carbonyl (C=O) groups is 1. The van der Waals surface area contributed by atoms with E-state index in [2.05, 4.69) is 20.8 Å². The van der Waals surface area contributed by atoms with Gasteiger partial charge in [0.2, 0.25) is 0 Å². The van der Waals surface area contributed by atoms with Crippen molar-refractivity contribution >= 4 is 29.1 Å². The van der Waals surface area contributed by atoms with Crippen molar-refractivity contribution in [2.45, 2.75) is 46.1 Å². The van der Waals surface area contributed by atoms with Crippen molar-refractivity contribution in [2.24, 2.45) is 0 Å². The minimum Gasteiger partial charge on any atom is -0.336 e. The molecule has 0 saturated carbocycles. The Morgan fingerprint density at radius 2 is 1.79 bits per heavy atom. The van der Waals surface area contributed by atoms with Crippen molar-refractivity contribution in [2.75, 3.05) is 6.54 Å². The largest absolute Gasteiger partial charge is 0.336 e. The summed E-state index contributed by atoms with van der Waals surface area (Å²) >= 11 is 11.9. The molecule has 0 spiro atoms. The Morgan fingerprint density at radius 1 is 1.21 bits per heavy atom. The summed E-state index contributed by atoms with van der Waals surface area (Å²) in [5.41, 5.74) is 0.564. The van der Waals surface area contributed by atoms with Crippen molar-refractivity contribution in [1.29, 1.82) is 0 Å². The summed E-state index contributed by atoms with van der Waals surface area (Å²) in [5.74, 6) is 0.00667. The van der Waals surface area contributed by atoms with E-state index in [0.29, 0.717) is 15.6 Å². The number of carbonyl (C=O) groups excluding carboxylic acids is 1. The number of benzene rings is 1. The molecule has 1 atom stereocenters. The lowest BCUT2D eigenvalue weighted by atomic mass is 10.1. The van der Waals surface area contributed by atoms with Crippen LogP contribution in [-0.2, 0) is 0 Å². The van der Waals surface area contributed by atoms with Crippen LogP contribution < -0.4 is 0 Å². The fourth-order valence-corrected chi connectivity index (χ4v) is 2.44. The Kier molecular flexibility index (Phi) is 6.67. The summed E-state index contributed by atoms with van der Waals surface area (Å²) in [4.78, 5) is 14.5. The second-order valence-electron chi connectivity index (χ2n) is 4.77. The Labute approximate surface area is 125 Å². The van der Waals surface area contributed by atoms with Crippen LogP contribution in [0.4, 0.5) is 0 Å². The zero-order valence-electron chi connectivity index (χ0n) is 11.7. The van der Waals surface area contributed by atoms with Gasteiger partial charge in [0, 0.05) is 28.2 Å². The molecule has 0 saturated heterocycles. The highest BCUT2D eigenvalue weighted by atomic mass is 35.5.